The molecule has 1 amide bonds. The minimum atomic E-state index is -0.0915. The highest BCUT2D eigenvalue weighted by Gasteiger charge is 2.30. The van der Waals surface area contributed by atoms with Crippen LogP contribution in [0.25, 0.3) is 5.78 Å². The van der Waals surface area contributed by atoms with Crippen LogP contribution in [0.1, 0.15) is 35.3 Å². The molecule has 0 bridgehead atoms. The molecule has 20 heavy (non-hydrogen) atoms. The Bertz CT molecular complexity index is 635. The number of carbonyl (C=O) groups excluding carboxylic acids is 1. The zero-order valence-electron chi connectivity index (χ0n) is 11.4. The van der Waals surface area contributed by atoms with Gasteiger partial charge in [-0.15, -0.1) is 0 Å². The van der Waals surface area contributed by atoms with E-state index in [9.17, 15) is 9.90 Å². The van der Waals surface area contributed by atoms with Crippen molar-refractivity contribution in [2.75, 3.05) is 13.2 Å². The Morgan fingerprint density at radius 1 is 1.50 bits per heavy atom. The number of amides is 1. The van der Waals surface area contributed by atoms with Crippen LogP contribution in [0.5, 0.6) is 0 Å². The third kappa shape index (κ3) is 2.03. The van der Waals surface area contributed by atoms with E-state index in [0.29, 0.717) is 17.9 Å². The first-order chi connectivity index (χ1) is 9.72. The summed E-state index contributed by atoms with van der Waals surface area (Å²) in [5.74, 6) is 0.391. The fraction of sp³-hybridized carbons (Fsp3) is 0.538. The summed E-state index contributed by atoms with van der Waals surface area (Å²) in [4.78, 5) is 22.6. The standard InChI is InChI=1S/C13H17N5O2/c1-9-11(7-14-13-15-8-16-18(9)13)12(20)17(5-6-19)10-3-2-4-10/h7-8,10,19H,2-6H2,1H3. The SMILES string of the molecule is Cc1c(C(=O)N(CCO)C2CCC2)cnc2ncnn12. The van der Waals surface area contributed by atoms with E-state index < -0.39 is 0 Å². The van der Waals surface area contributed by atoms with E-state index in [1.165, 1.54) is 6.33 Å². The Labute approximate surface area is 116 Å². The predicted octanol–water partition coefficient (Wildman–Crippen LogP) is 0.420. The summed E-state index contributed by atoms with van der Waals surface area (Å²) >= 11 is 0. The van der Waals surface area contributed by atoms with Crippen molar-refractivity contribution in [3.8, 4) is 0 Å². The average molecular weight is 275 g/mol. The summed E-state index contributed by atoms with van der Waals surface area (Å²) < 4.78 is 1.56. The second kappa shape index (κ2) is 5.16. The van der Waals surface area contributed by atoms with E-state index in [4.69, 9.17) is 0 Å². The van der Waals surface area contributed by atoms with Crippen LogP contribution in [-0.4, -0.2) is 54.7 Å². The molecule has 3 rings (SSSR count). The van der Waals surface area contributed by atoms with Gasteiger partial charge in [-0.25, -0.2) is 9.50 Å². The third-order valence-electron chi connectivity index (χ3n) is 3.89. The smallest absolute Gasteiger partial charge is 0.257 e. The molecule has 0 unspecified atom stereocenters. The van der Waals surface area contributed by atoms with Crippen molar-refractivity contribution >= 4 is 11.7 Å². The first-order valence-corrected chi connectivity index (χ1v) is 6.79. The lowest BCUT2D eigenvalue weighted by atomic mass is 9.91. The maximum atomic E-state index is 12.7. The molecule has 0 saturated heterocycles. The van der Waals surface area contributed by atoms with E-state index in [0.717, 1.165) is 25.0 Å². The molecule has 1 aliphatic rings. The third-order valence-corrected chi connectivity index (χ3v) is 3.89. The first kappa shape index (κ1) is 13.0. The van der Waals surface area contributed by atoms with Gasteiger partial charge in [0.25, 0.3) is 11.7 Å². The normalized spacial score (nSPS) is 15.3. The van der Waals surface area contributed by atoms with Crippen LogP contribution in [0.3, 0.4) is 0 Å². The Morgan fingerprint density at radius 3 is 2.95 bits per heavy atom. The summed E-state index contributed by atoms with van der Waals surface area (Å²) in [6, 6.07) is 0.237. The number of rotatable bonds is 4. The van der Waals surface area contributed by atoms with E-state index in [2.05, 4.69) is 15.1 Å². The average Bonchev–Trinajstić information content (AvgIpc) is 2.85. The molecule has 0 radical (unpaired) electrons. The maximum Gasteiger partial charge on any atom is 0.257 e. The van der Waals surface area contributed by atoms with Gasteiger partial charge in [0.1, 0.15) is 6.33 Å². The van der Waals surface area contributed by atoms with Crippen LogP contribution in [0, 0.1) is 6.92 Å². The van der Waals surface area contributed by atoms with Gasteiger partial charge in [0.2, 0.25) is 0 Å². The van der Waals surface area contributed by atoms with E-state index >= 15 is 0 Å². The second-order valence-corrected chi connectivity index (χ2v) is 5.04. The molecule has 0 atom stereocenters. The van der Waals surface area contributed by atoms with Crippen LogP contribution >= 0.6 is 0 Å². The Kier molecular flexibility index (Phi) is 3.35. The number of aromatic nitrogens is 4. The summed E-state index contributed by atoms with van der Waals surface area (Å²) in [6.07, 6.45) is 6.11. The van der Waals surface area contributed by atoms with Crippen molar-refractivity contribution in [3.05, 3.63) is 23.8 Å². The van der Waals surface area contributed by atoms with E-state index in [1.807, 2.05) is 6.92 Å². The largest absolute Gasteiger partial charge is 0.395 e. The molecule has 7 heteroatoms. The molecular weight excluding hydrogens is 258 g/mol. The molecule has 0 aromatic carbocycles. The number of carbonyl (C=O) groups is 1. The number of hydrogen-bond donors (Lipinski definition) is 1. The van der Waals surface area contributed by atoms with Gasteiger partial charge >= 0.3 is 0 Å². The molecule has 1 fully saturated rings. The van der Waals surface area contributed by atoms with Gasteiger partial charge < -0.3 is 10.0 Å². The molecule has 7 nitrogen and oxygen atoms in total. The molecule has 1 saturated carbocycles. The summed E-state index contributed by atoms with van der Waals surface area (Å²) in [5, 5.41) is 13.2. The molecule has 2 aromatic rings. The van der Waals surface area contributed by atoms with Gasteiger partial charge in [-0.3, -0.25) is 4.79 Å². The fourth-order valence-corrected chi connectivity index (χ4v) is 2.51. The minimum Gasteiger partial charge on any atom is -0.395 e. The van der Waals surface area contributed by atoms with Gasteiger partial charge in [-0.1, -0.05) is 0 Å². The highest BCUT2D eigenvalue weighted by atomic mass is 16.3. The van der Waals surface area contributed by atoms with Crippen molar-refractivity contribution in [3.63, 3.8) is 0 Å². The van der Waals surface area contributed by atoms with Gasteiger partial charge in [0.15, 0.2) is 0 Å². The molecule has 0 aliphatic heterocycles. The summed E-state index contributed by atoms with van der Waals surface area (Å²) in [6.45, 7) is 2.16. The highest BCUT2D eigenvalue weighted by Crippen LogP contribution is 2.26. The number of aliphatic hydroxyl groups excluding tert-OH is 1. The van der Waals surface area contributed by atoms with E-state index in [-0.39, 0.29) is 18.6 Å². The molecule has 1 aliphatic carbocycles. The molecule has 2 aromatic heterocycles. The topological polar surface area (TPSA) is 83.6 Å². The zero-order chi connectivity index (χ0) is 14.1. The van der Waals surface area contributed by atoms with Crippen LogP contribution in [0.15, 0.2) is 12.5 Å². The van der Waals surface area contributed by atoms with Crippen LogP contribution in [0.4, 0.5) is 0 Å². The zero-order valence-corrected chi connectivity index (χ0v) is 11.4. The van der Waals surface area contributed by atoms with Crippen LogP contribution < -0.4 is 0 Å². The molecule has 2 heterocycles. The minimum absolute atomic E-state index is 0.0275. The quantitative estimate of drug-likeness (QED) is 0.874. The van der Waals surface area contributed by atoms with Crippen molar-refractivity contribution in [1.29, 1.82) is 0 Å². The van der Waals surface area contributed by atoms with Crippen molar-refractivity contribution in [1.82, 2.24) is 24.5 Å². The fourth-order valence-electron chi connectivity index (χ4n) is 2.51. The van der Waals surface area contributed by atoms with Crippen molar-refractivity contribution < 1.29 is 9.90 Å². The summed E-state index contributed by atoms with van der Waals surface area (Å²) in [7, 11) is 0. The number of hydrogen-bond acceptors (Lipinski definition) is 5. The Balaban J connectivity index is 1.95. The van der Waals surface area contributed by atoms with Crippen molar-refractivity contribution in [2.24, 2.45) is 0 Å². The van der Waals surface area contributed by atoms with Gasteiger partial charge in [0, 0.05) is 18.8 Å². The molecule has 1 N–H and O–H groups in total. The van der Waals surface area contributed by atoms with Gasteiger partial charge in [-0.05, 0) is 26.2 Å². The lowest BCUT2D eigenvalue weighted by molar-refractivity contribution is 0.0524. The van der Waals surface area contributed by atoms with Crippen molar-refractivity contribution in [2.45, 2.75) is 32.2 Å². The van der Waals surface area contributed by atoms with Gasteiger partial charge in [-0.2, -0.15) is 10.1 Å². The second-order valence-electron chi connectivity index (χ2n) is 5.04. The monoisotopic (exact) mass is 275 g/mol. The number of nitrogens with zero attached hydrogens (tertiary/aromatic N) is 5. The molecule has 106 valence electrons. The predicted molar refractivity (Wildman–Crippen MR) is 71.3 cm³/mol. The summed E-state index contributed by atoms with van der Waals surface area (Å²) in [5.41, 5.74) is 1.24. The Hall–Kier alpha value is -2.02. The van der Waals surface area contributed by atoms with Crippen LogP contribution in [-0.2, 0) is 0 Å². The number of aliphatic hydroxyl groups is 1. The lowest BCUT2D eigenvalue weighted by Gasteiger charge is -2.37. The number of aryl methyl sites for hydroxylation is 1. The Morgan fingerprint density at radius 2 is 2.30 bits per heavy atom. The maximum absolute atomic E-state index is 12.7. The first-order valence-electron chi connectivity index (χ1n) is 6.79. The van der Waals surface area contributed by atoms with Gasteiger partial charge in [0.05, 0.1) is 17.9 Å². The lowest BCUT2D eigenvalue weighted by Crippen LogP contribution is -2.46. The number of fused-ring (bicyclic) bond motifs is 1. The highest BCUT2D eigenvalue weighted by molar-refractivity contribution is 5.95. The molecular formula is C13H17N5O2. The molecule has 0 spiro atoms. The van der Waals surface area contributed by atoms with E-state index in [1.54, 1.807) is 15.6 Å². The van der Waals surface area contributed by atoms with Crippen LogP contribution in [0.2, 0.25) is 0 Å².